The largest absolute Gasteiger partial charge is 0.474 e. The van der Waals surface area contributed by atoms with Crippen LogP contribution in [0.5, 0.6) is 5.88 Å². The molecule has 1 aromatic heterocycles. The molecule has 0 aliphatic heterocycles. The molecule has 0 bridgehead atoms. The van der Waals surface area contributed by atoms with Gasteiger partial charge in [0.2, 0.25) is 11.8 Å². The minimum Gasteiger partial charge on any atom is -0.474 e. The number of alkyl halides is 3. The maximum absolute atomic E-state index is 12.6. The van der Waals surface area contributed by atoms with E-state index in [1.165, 1.54) is 0 Å². The van der Waals surface area contributed by atoms with Gasteiger partial charge in [0.15, 0.2) is 5.69 Å². The summed E-state index contributed by atoms with van der Waals surface area (Å²) in [6.45, 7) is 0. The quantitative estimate of drug-likeness (QED) is 0.655. The second-order valence-corrected chi connectivity index (χ2v) is 4.43. The molecule has 1 aliphatic rings. The van der Waals surface area contributed by atoms with E-state index in [0.717, 1.165) is 38.2 Å². The molecule has 1 fully saturated rings. The van der Waals surface area contributed by atoms with E-state index in [1.807, 2.05) is 5.43 Å². The predicted octanol–water partition coefficient (Wildman–Crippen LogP) is 2.49. The Bertz CT molecular complexity index is 432. The molecule has 1 heterocycles. The highest BCUT2D eigenvalue weighted by Crippen LogP contribution is 2.31. The van der Waals surface area contributed by atoms with Gasteiger partial charge in [-0.2, -0.15) is 18.2 Å². The molecule has 0 spiro atoms. The number of nitrogens with one attached hydrogen (secondary N) is 1. The summed E-state index contributed by atoms with van der Waals surface area (Å²) in [5, 5.41) is 0. The zero-order valence-corrected chi connectivity index (χ0v) is 10.2. The van der Waals surface area contributed by atoms with Crippen LogP contribution < -0.4 is 16.0 Å². The zero-order valence-electron chi connectivity index (χ0n) is 10.2. The first kappa shape index (κ1) is 13.9. The fraction of sp³-hybridized carbons (Fsp3) is 0.636. The lowest BCUT2D eigenvalue weighted by Gasteiger charge is -2.22. The van der Waals surface area contributed by atoms with Crippen molar-refractivity contribution in [3.63, 3.8) is 0 Å². The molecule has 1 saturated carbocycles. The number of rotatable bonds is 3. The van der Waals surface area contributed by atoms with Crippen molar-refractivity contribution in [2.24, 2.45) is 5.84 Å². The molecule has 1 aromatic rings. The summed E-state index contributed by atoms with van der Waals surface area (Å²) in [6.07, 6.45) is 0.184. The van der Waals surface area contributed by atoms with Gasteiger partial charge in [0.05, 0.1) is 0 Å². The van der Waals surface area contributed by atoms with Crippen molar-refractivity contribution in [1.29, 1.82) is 0 Å². The van der Waals surface area contributed by atoms with Crippen LogP contribution in [-0.2, 0) is 6.18 Å². The van der Waals surface area contributed by atoms with Crippen molar-refractivity contribution >= 4 is 5.95 Å². The van der Waals surface area contributed by atoms with E-state index in [4.69, 9.17) is 10.6 Å². The summed E-state index contributed by atoms with van der Waals surface area (Å²) < 4.78 is 43.4. The average Bonchev–Trinajstić information content (AvgIpc) is 2.38. The van der Waals surface area contributed by atoms with Gasteiger partial charge < -0.3 is 4.74 Å². The monoisotopic (exact) mass is 276 g/mol. The van der Waals surface area contributed by atoms with Gasteiger partial charge in [-0.15, -0.1) is 0 Å². The number of anilines is 1. The Morgan fingerprint density at radius 2 is 1.89 bits per heavy atom. The number of aromatic nitrogens is 2. The molecule has 5 nitrogen and oxygen atoms in total. The number of nitrogen functional groups attached to an aromatic ring is 1. The second-order valence-electron chi connectivity index (χ2n) is 4.43. The number of hydrogen-bond donors (Lipinski definition) is 2. The minimum atomic E-state index is -4.56. The fourth-order valence-corrected chi connectivity index (χ4v) is 2.05. The van der Waals surface area contributed by atoms with E-state index in [-0.39, 0.29) is 17.9 Å². The maximum Gasteiger partial charge on any atom is 0.433 e. The highest BCUT2D eigenvalue weighted by molar-refractivity contribution is 5.30. The molecule has 0 aromatic carbocycles. The number of nitrogens with zero attached hydrogens (tertiary/aromatic N) is 2. The first-order chi connectivity index (χ1) is 8.99. The fourth-order valence-electron chi connectivity index (χ4n) is 2.05. The summed E-state index contributed by atoms with van der Waals surface area (Å²) >= 11 is 0. The van der Waals surface area contributed by atoms with Gasteiger partial charge >= 0.3 is 6.18 Å². The van der Waals surface area contributed by atoms with E-state index in [2.05, 4.69) is 9.97 Å². The van der Waals surface area contributed by atoms with Crippen molar-refractivity contribution in [2.75, 3.05) is 5.43 Å². The highest BCUT2D eigenvalue weighted by Gasteiger charge is 2.34. The summed E-state index contributed by atoms with van der Waals surface area (Å²) in [5.41, 5.74) is 0.947. The Balaban J connectivity index is 2.19. The number of halogens is 3. The van der Waals surface area contributed by atoms with Crippen LogP contribution in [0.2, 0.25) is 0 Å². The Kier molecular flexibility index (Phi) is 4.08. The van der Waals surface area contributed by atoms with Crippen molar-refractivity contribution < 1.29 is 17.9 Å². The van der Waals surface area contributed by atoms with Crippen LogP contribution >= 0.6 is 0 Å². The number of hydrogen-bond acceptors (Lipinski definition) is 5. The molecular formula is C11H15F3N4O. The lowest BCUT2D eigenvalue weighted by Crippen LogP contribution is -2.22. The first-order valence-electron chi connectivity index (χ1n) is 6.08. The van der Waals surface area contributed by atoms with Crippen molar-refractivity contribution in [3.05, 3.63) is 11.8 Å². The molecule has 0 saturated heterocycles. The normalized spacial score (nSPS) is 17.3. The maximum atomic E-state index is 12.6. The summed E-state index contributed by atoms with van der Waals surface area (Å²) in [7, 11) is 0. The molecule has 106 valence electrons. The molecule has 0 unspecified atom stereocenters. The van der Waals surface area contributed by atoms with Gasteiger partial charge in [0.1, 0.15) is 6.10 Å². The minimum absolute atomic E-state index is 0.0876. The first-order valence-corrected chi connectivity index (χ1v) is 6.08. The smallest absolute Gasteiger partial charge is 0.433 e. The van der Waals surface area contributed by atoms with Crippen LogP contribution in [0, 0.1) is 0 Å². The van der Waals surface area contributed by atoms with Crippen molar-refractivity contribution in [1.82, 2.24) is 9.97 Å². The van der Waals surface area contributed by atoms with Gasteiger partial charge in [-0.1, -0.05) is 6.42 Å². The topological polar surface area (TPSA) is 73.1 Å². The van der Waals surface area contributed by atoms with Crippen LogP contribution in [0.15, 0.2) is 6.07 Å². The highest BCUT2D eigenvalue weighted by atomic mass is 19.4. The van der Waals surface area contributed by atoms with Crippen LogP contribution in [-0.4, -0.2) is 16.1 Å². The summed E-state index contributed by atoms with van der Waals surface area (Å²) in [6, 6.07) is 0.801. The molecule has 8 heteroatoms. The number of ether oxygens (including phenoxy) is 1. The SMILES string of the molecule is NNc1nc(OC2CCCCC2)cc(C(F)(F)F)n1. The van der Waals surface area contributed by atoms with Crippen LogP contribution in [0.1, 0.15) is 37.8 Å². The molecule has 1 aliphatic carbocycles. The molecule has 0 radical (unpaired) electrons. The Morgan fingerprint density at radius 1 is 1.21 bits per heavy atom. The van der Waals surface area contributed by atoms with Gasteiger partial charge in [0, 0.05) is 6.07 Å². The molecule has 0 atom stereocenters. The van der Waals surface area contributed by atoms with Crippen molar-refractivity contribution in [2.45, 2.75) is 44.4 Å². The van der Waals surface area contributed by atoms with Crippen LogP contribution in [0.25, 0.3) is 0 Å². The lowest BCUT2D eigenvalue weighted by molar-refractivity contribution is -0.141. The van der Waals surface area contributed by atoms with E-state index in [0.29, 0.717) is 0 Å². The predicted molar refractivity (Wildman–Crippen MR) is 62.3 cm³/mol. The molecule has 2 rings (SSSR count). The molecule has 3 N–H and O–H groups in total. The Hall–Kier alpha value is -1.57. The van der Waals surface area contributed by atoms with Crippen LogP contribution in [0.3, 0.4) is 0 Å². The average molecular weight is 276 g/mol. The molecule has 0 amide bonds. The summed E-state index contributed by atoms with van der Waals surface area (Å²) in [4.78, 5) is 7.05. The lowest BCUT2D eigenvalue weighted by atomic mass is 9.98. The van der Waals surface area contributed by atoms with E-state index in [9.17, 15) is 13.2 Å². The van der Waals surface area contributed by atoms with Gasteiger partial charge in [-0.3, -0.25) is 5.43 Å². The third-order valence-electron chi connectivity index (χ3n) is 2.96. The van der Waals surface area contributed by atoms with Gasteiger partial charge in [-0.25, -0.2) is 10.8 Å². The third-order valence-corrected chi connectivity index (χ3v) is 2.96. The molecular weight excluding hydrogens is 261 g/mol. The third kappa shape index (κ3) is 3.69. The number of nitrogens with two attached hydrogens (primary N) is 1. The van der Waals surface area contributed by atoms with Gasteiger partial charge in [-0.05, 0) is 25.7 Å². The number of hydrazine groups is 1. The molecule has 19 heavy (non-hydrogen) atoms. The standard InChI is InChI=1S/C11H15F3N4O/c12-11(13,14)8-6-9(17-10(16-8)18-15)19-7-4-2-1-3-5-7/h6-7H,1-5,15H2,(H,16,17,18). The Morgan fingerprint density at radius 3 is 2.47 bits per heavy atom. The van der Waals surface area contributed by atoms with E-state index in [1.54, 1.807) is 0 Å². The second kappa shape index (κ2) is 5.60. The van der Waals surface area contributed by atoms with E-state index >= 15 is 0 Å². The Labute approximate surface area is 108 Å². The van der Waals surface area contributed by atoms with Gasteiger partial charge in [0.25, 0.3) is 0 Å². The van der Waals surface area contributed by atoms with Crippen molar-refractivity contribution in [3.8, 4) is 5.88 Å². The van der Waals surface area contributed by atoms with E-state index < -0.39 is 11.9 Å². The zero-order chi connectivity index (χ0) is 13.9. The van der Waals surface area contributed by atoms with Crippen LogP contribution in [0.4, 0.5) is 19.1 Å². The summed E-state index contributed by atoms with van der Waals surface area (Å²) in [5.74, 6) is 4.67.